The first-order chi connectivity index (χ1) is 12.0. The lowest BCUT2D eigenvalue weighted by atomic mass is 9.75. The van der Waals surface area contributed by atoms with Gasteiger partial charge in [-0.3, -0.25) is 4.79 Å². The number of carbonyl (C=O) groups is 2. The van der Waals surface area contributed by atoms with Crippen LogP contribution in [0.2, 0.25) is 0 Å². The molecule has 4 heteroatoms. The van der Waals surface area contributed by atoms with Crippen molar-refractivity contribution in [3.63, 3.8) is 0 Å². The summed E-state index contributed by atoms with van der Waals surface area (Å²) in [7, 11) is 0. The van der Waals surface area contributed by atoms with Crippen LogP contribution >= 0.6 is 0 Å². The molecule has 25 heavy (non-hydrogen) atoms. The van der Waals surface area contributed by atoms with Crippen molar-refractivity contribution in [3.05, 3.63) is 29.8 Å². The number of nitrogens with one attached hydrogen (secondary N) is 1. The zero-order chi connectivity index (χ0) is 18.3. The molecule has 2 aliphatic heterocycles. The number of carbonyl (C=O) groups excluding carboxylic acids is 2. The Balaban J connectivity index is 0.000000386. The maximum atomic E-state index is 12.7. The number of para-hydroxylation sites is 1. The van der Waals surface area contributed by atoms with Crippen LogP contribution in [0.15, 0.2) is 24.3 Å². The van der Waals surface area contributed by atoms with E-state index in [1.165, 1.54) is 25.9 Å². The van der Waals surface area contributed by atoms with E-state index in [4.69, 9.17) is 4.74 Å². The summed E-state index contributed by atoms with van der Waals surface area (Å²) in [5, 5.41) is 3.22. The molecule has 2 unspecified atom stereocenters. The lowest BCUT2D eigenvalue weighted by Crippen LogP contribution is -2.48. The molecule has 2 aliphatic rings. The van der Waals surface area contributed by atoms with Gasteiger partial charge in [0.25, 0.3) is 0 Å². The number of rotatable bonds is 5. The van der Waals surface area contributed by atoms with Crippen molar-refractivity contribution in [1.29, 1.82) is 0 Å². The minimum atomic E-state index is -0.504. The first-order valence-corrected chi connectivity index (χ1v) is 9.50. The Labute approximate surface area is 151 Å². The van der Waals surface area contributed by atoms with Gasteiger partial charge in [-0.2, -0.15) is 0 Å². The number of ketones is 2. The number of fused-ring (bicyclic) bond motifs is 1. The molecule has 1 fully saturated rings. The summed E-state index contributed by atoms with van der Waals surface area (Å²) in [6.07, 6.45) is 5.54. The normalized spacial score (nSPS) is 24.8. The number of ether oxygens (including phenoxy) is 1. The minimum absolute atomic E-state index is 0.115. The molecule has 0 radical (unpaired) electrons. The highest BCUT2D eigenvalue weighted by atomic mass is 16.5. The molecule has 2 atom stereocenters. The van der Waals surface area contributed by atoms with Crippen LogP contribution in [0.25, 0.3) is 0 Å². The topological polar surface area (TPSA) is 55.4 Å². The molecule has 0 saturated carbocycles. The van der Waals surface area contributed by atoms with Crippen molar-refractivity contribution in [2.75, 3.05) is 13.1 Å². The van der Waals surface area contributed by atoms with E-state index in [1.54, 1.807) is 6.92 Å². The van der Waals surface area contributed by atoms with E-state index in [1.807, 2.05) is 31.2 Å². The lowest BCUT2D eigenvalue weighted by Gasteiger charge is -2.41. The molecule has 138 valence electrons. The Bertz CT molecular complexity index is 587. The molecule has 3 rings (SSSR count). The lowest BCUT2D eigenvalue weighted by molar-refractivity contribution is -0.117. The average Bonchev–Trinajstić information content (AvgIpc) is 3.14. The monoisotopic (exact) mass is 345 g/mol. The van der Waals surface area contributed by atoms with E-state index >= 15 is 0 Å². The summed E-state index contributed by atoms with van der Waals surface area (Å²) >= 11 is 0. The molecule has 1 aromatic rings. The summed E-state index contributed by atoms with van der Waals surface area (Å²) in [6.45, 7) is 8.15. The second kappa shape index (κ2) is 9.14. The van der Waals surface area contributed by atoms with Crippen LogP contribution in [0.5, 0.6) is 5.75 Å². The van der Waals surface area contributed by atoms with E-state index in [2.05, 4.69) is 12.2 Å². The third-order valence-corrected chi connectivity index (χ3v) is 5.04. The van der Waals surface area contributed by atoms with Crippen molar-refractivity contribution in [2.24, 2.45) is 5.92 Å². The van der Waals surface area contributed by atoms with Crippen LogP contribution < -0.4 is 10.1 Å². The largest absolute Gasteiger partial charge is 0.486 e. The van der Waals surface area contributed by atoms with Gasteiger partial charge < -0.3 is 14.8 Å². The Hall–Kier alpha value is -1.68. The van der Waals surface area contributed by atoms with Crippen molar-refractivity contribution in [3.8, 4) is 5.75 Å². The smallest absolute Gasteiger partial charge is 0.173 e. The van der Waals surface area contributed by atoms with Crippen LogP contribution in [-0.2, 0) is 4.79 Å². The average molecular weight is 345 g/mol. The molecule has 0 bridgehead atoms. The summed E-state index contributed by atoms with van der Waals surface area (Å²) in [4.78, 5) is 24.0. The Kier molecular flexibility index (Phi) is 7.18. The second-order valence-corrected chi connectivity index (χ2v) is 7.28. The fourth-order valence-electron chi connectivity index (χ4n) is 3.68. The van der Waals surface area contributed by atoms with Gasteiger partial charge in [0.2, 0.25) is 0 Å². The second-order valence-electron chi connectivity index (χ2n) is 7.28. The number of hydrogen-bond acceptors (Lipinski definition) is 4. The number of Topliss-reactive ketones (excluding diaryl/α,β-unsaturated/α-hetero) is 2. The van der Waals surface area contributed by atoms with Crippen LogP contribution in [0.1, 0.15) is 69.7 Å². The molecule has 0 amide bonds. The number of hydrogen-bond donors (Lipinski definition) is 1. The van der Waals surface area contributed by atoms with E-state index in [9.17, 15) is 9.59 Å². The quantitative estimate of drug-likeness (QED) is 0.870. The minimum Gasteiger partial charge on any atom is -0.486 e. The Morgan fingerprint density at radius 3 is 2.52 bits per heavy atom. The summed E-state index contributed by atoms with van der Waals surface area (Å²) in [5.41, 5.74) is 0.143. The zero-order valence-corrected chi connectivity index (χ0v) is 15.8. The van der Waals surface area contributed by atoms with Gasteiger partial charge in [0, 0.05) is 6.42 Å². The van der Waals surface area contributed by atoms with Crippen molar-refractivity contribution >= 4 is 11.6 Å². The highest BCUT2D eigenvalue weighted by Crippen LogP contribution is 2.41. The molecule has 0 aromatic heterocycles. The maximum Gasteiger partial charge on any atom is 0.173 e. The van der Waals surface area contributed by atoms with Gasteiger partial charge in [0.15, 0.2) is 5.78 Å². The van der Waals surface area contributed by atoms with Crippen LogP contribution in [0, 0.1) is 5.92 Å². The molecule has 0 aliphatic carbocycles. The standard InChI is InChI=1S/C17H22O3.C4H9N/c1-4-11-17(3)14(10-9-12(2)18)16(19)13-7-5-6-8-15(13)20-17;1-2-4-5-3-1/h5-8,14H,4,9-11H2,1-3H3;5H,1-4H2. The predicted octanol–water partition coefficient (Wildman–Crippen LogP) is 4.18. The van der Waals surface area contributed by atoms with Gasteiger partial charge in [0.05, 0.1) is 11.5 Å². The number of benzene rings is 1. The van der Waals surface area contributed by atoms with Crippen LogP contribution in [0.3, 0.4) is 0 Å². The first-order valence-electron chi connectivity index (χ1n) is 9.50. The third-order valence-electron chi connectivity index (χ3n) is 5.04. The van der Waals surface area contributed by atoms with Gasteiger partial charge in [-0.25, -0.2) is 0 Å². The molecule has 1 saturated heterocycles. The SMILES string of the molecule is C1CCNC1.CCCC1(C)Oc2ccccc2C(=O)C1CCC(C)=O. The Morgan fingerprint density at radius 1 is 1.28 bits per heavy atom. The van der Waals surface area contributed by atoms with Crippen LogP contribution in [-0.4, -0.2) is 30.3 Å². The van der Waals surface area contributed by atoms with E-state index in [0.29, 0.717) is 24.2 Å². The van der Waals surface area contributed by atoms with Gasteiger partial charge in [0.1, 0.15) is 17.1 Å². The van der Waals surface area contributed by atoms with Gasteiger partial charge >= 0.3 is 0 Å². The van der Waals surface area contributed by atoms with E-state index < -0.39 is 5.60 Å². The van der Waals surface area contributed by atoms with Crippen molar-refractivity contribution in [2.45, 2.75) is 64.9 Å². The summed E-state index contributed by atoms with van der Waals surface area (Å²) < 4.78 is 6.14. The van der Waals surface area contributed by atoms with E-state index in [0.717, 1.165) is 12.8 Å². The third kappa shape index (κ3) is 5.15. The fourth-order valence-corrected chi connectivity index (χ4v) is 3.68. The van der Waals surface area contributed by atoms with Gasteiger partial charge in [-0.05, 0) is 64.8 Å². The maximum absolute atomic E-state index is 12.7. The van der Waals surface area contributed by atoms with E-state index in [-0.39, 0.29) is 17.5 Å². The van der Waals surface area contributed by atoms with Crippen molar-refractivity contribution < 1.29 is 14.3 Å². The van der Waals surface area contributed by atoms with Crippen molar-refractivity contribution in [1.82, 2.24) is 5.32 Å². The fraction of sp³-hybridized carbons (Fsp3) is 0.619. The van der Waals surface area contributed by atoms with Gasteiger partial charge in [-0.15, -0.1) is 0 Å². The summed E-state index contributed by atoms with van der Waals surface area (Å²) in [6, 6.07) is 7.39. The van der Waals surface area contributed by atoms with Gasteiger partial charge in [-0.1, -0.05) is 25.5 Å². The molecule has 4 nitrogen and oxygen atoms in total. The Morgan fingerprint density at radius 2 is 1.96 bits per heavy atom. The molecular formula is C21H31NO3. The molecule has 0 spiro atoms. The highest BCUT2D eigenvalue weighted by molar-refractivity contribution is 6.02. The molecule has 1 N–H and O–H groups in total. The highest BCUT2D eigenvalue weighted by Gasteiger charge is 2.45. The van der Waals surface area contributed by atoms with Crippen LogP contribution in [0.4, 0.5) is 0 Å². The predicted molar refractivity (Wildman–Crippen MR) is 100 cm³/mol. The molecule has 2 heterocycles. The molecule has 1 aromatic carbocycles. The molecular weight excluding hydrogens is 314 g/mol. The zero-order valence-electron chi connectivity index (χ0n) is 15.8. The summed E-state index contributed by atoms with van der Waals surface area (Å²) in [5.74, 6) is 0.674. The first kappa shape index (κ1) is 19.6.